The van der Waals surface area contributed by atoms with Gasteiger partial charge in [-0.1, -0.05) is 42.5 Å². The van der Waals surface area contributed by atoms with Crippen LogP contribution in [0.3, 0.4) is 0 Å². The maximum atomic E-state index is 12.4. The SMILES string of the molecule is C=CCOc1cc(O)c2c(c1Cl)CC(=O)/C=C/CC/C=C/CCOC2=O. The fourth-order valence-electron chi connectivity index (χ4n) is 2.49. The predicted molar refractivity (Wildman–Crippen MR) is 99.9 cm³/mol. The van der Waals surface area contributed by atoms with Crippen molar-refractivity contribution in [1.29, 1.82) is 0 Å². The number of ketones is 1. The molecule has 0 aromatic heterocycles. The molecule has 0 bridgehead atoms. The molecule has 1 aliphatic heterocycles. The summed E-state index contributed by atoms with van der Waals surface area (Å²) < 4.78 is 10.6. The Kier molecular flexibility index (Phi) is 7.48. The van der Waals surface area contributed by atoms with E-state index in [9.17, 15) is 14.7 Å². The van der Waals surface area contributed by atoms with Crippen LogP contribution in [0, 0.1) is 0 Å². The van der Waals surface area contributed by atoms with Crippen molar-refractivity contribution in [3.63, 3.8) is 0 Å². The van der Waals surface area contributed by atoms with Gasteiger partial charge in [0.15, 0.2) is 5.78 Å². The van der Waals surface area contributed by atoms with Crippen LogP contribution >= 0.6 is 11.6 Å². The Bertz CT molecular complexity index is 749. The summed E-state index contributed by atoms with van der Waals surface area (Å²) in [5.41, 5.74) is 0.0849. The van der Waals surface area contributed by atoms with E-state index in [-0.39, 0.29) is 53.1 Å². The molecule has 138 valence electrons. The van der Waals surface area contributed by atoms with Gasteiger partial charge in [-0.15, -0.1) is 0 Å². The van der Waals surface area contributed by atoms with Crippen LogP contribution in [0.4, 0.5) is 0 Å². The van der Waals surface area contributed by atoms with E-state index in [1.807, 2.05) is 12.2 Å². The molecule has 1 N–H and O–H groups in total. The monoisotopic (exact) mass is 376 g/mol. The Morgan fingerprint density at radius 3 is 2.73 bits per heavy atom. The van der Waals surface area contributed by atoms with Gasteiger partial charge < -0.3 is 14.6 Å². The van der Waals surface area contributed by atoms with E-state index in [2.05, 4.69) is 6.58 Å². The number of phenolic OH excluding ortho intramolecular Hbond substituents is 1. The molecule has 1 aromatic rings. The Hall–Kier alpha value is -2.53. The third-order valence-electron chi connectivity index (χ3n) is 3.71. The number of phenols is 1. The zero-order chi connectivity index (χ0) is 18.9. The highest BCUT2D eigenvalue weighted by Crippen LogP contribution is 2.38. The predicted octanol–water partition coefficient (Wildman–Crippen LogP) is 4.18. The molecule has 0 saturated carbocycles. The minimum atomic E-state index is -0.725. The van der Waals surface area contributed by atoms with Crippen LogP contribution in [0.25, 0.3) is 0 Å². The lowest BCUT2D eigenvalue weighted by Gasteiger charge is -2.16. The Morgan fingerprint density at radius 1 is 1.23 bits per heavy atom. The second kappa shape index (κ2) is 9.82. The second-order valence-corrected chi connectivity index (χ2v) is 6.06. The third kappa shape index (κ3) is 5.23. The number of aromatic hydroxyl groups is 1. The first kappa shape index (κ1) is 19.8. The van der Waals surface area contributed by atoms with Gasteiger partial charge in [-0.05, 0) is 25.3 Å². The van der Waals surface area contributed by atoms with Gasteiger partial charge in [-0.25, -0.2) is 4.79 Å². The summed E-state index contributed by atoms with van der Waals surface area (Å²) in [6, 6.07) is 1.25. The molecule has 0 atom stereocenters. The molecule has 0 amide bonds. The van der Waals surface area contributed by atoms with Crippen molar-refractivity contribution in [3.8, 4) is 11.5 Å². The molecule has 5 nitrogen and oxygen atoms in total. The largest absolute Gasteiger partial charge is 0.507 e. The molecule has 0 unspecified atom stereocenters. The maximum absolute atomic E-state index is 12.4. The minimum absolute atomic E-state index is 0.102. The lowest BCUT2D eigenvalue weighted by atomic mass is 10.00. The topological polar surface area (TPSA) is 72.8 Å². The number of rotatable bonds is 3. The molecule has 6 heteroatoms. The average molecular weight is 377 g/mol. The van der Waals surface area contributed by atoms with E-state index < -0.39 is 5.97 Å². The summed E-state index contributed by atoms with van der Waals surface area (Å²) in [7, 11) is 0. The van der Waals surface area contributed by atoms with Gasteiger partial charge in [-0.3, -0.25) is 4.79 Å². The smallest absolute Gasteiger partial charge is 0.342 e. The highest BCUT2D eigenvalue weighted by molar-refractivity contribution is 6.33. The summed E-state index contributed by atoms with van der Waals surface area (Å²) in [6.45, 7) is 3.89. The normalized spacial score (nSPS) is 18.2. The number of carbonyl (C=O) groups is 2. The van der Waals surface area contributed by atoms with Crippen molar-refractivity contribution in [3.05, 3.63) is 59.2 Å². The fraction of sp³-hybridized carbons (Fsp3) is 0.300. The number of cyclic esters (lactones) is 1. The molecule has 1 heterocycles. The number of hydrogen-bond donors (Lipinski definition) is 1. The van der Waals surface area contributed by atoms with Crippen LogP contribution < -0.4 is 4.74 Å². The zero-order valence-electron chi connectivity index (χ0n) is 14.4. The molecule has 0 radical (unpaired) electrons. The number of hydrogen-bond acceptors (Lipinski definition) is 5. The van der Waals surface area contributed by atoms with Crippen LogP contribution in [0.15, 0.2) is 43.0 Å². The number of halogens is 1. The number of esters is 1. The fourth-order valence-corrected chi connectivity index (χ4v) is 2.76. The summed E-state index contributed by atoms with van der Waals surface area (Å²) >= 11 is 6.35. The van der Waals surface area contributed by atoms with Crippen molar-refractivity contribution >= 4 is 23.4 Å². The minimum Gasteiger partial charge on any atom is -0.507 e. The molecular formula is C20H21ClO5. The number of allylic oxidation sites excluding steroid dienone is 3. The van der Waals surface area contributed by atoms with E-state index >= 15 is 0 Å². The number of benzene rings is 1. The van der Waals surface area contributed by atoms with Crippen LogP contribution in [-0.4, -0.2) is 30.1 Å². The summed E-state index contributed by atoms with van der Waals surface area (Å²) in [4.78, 5) is 24.7. The molecule has 1 aliphatic rings. The van der Waals surface area contributed by atoms with Crippen molar-refractivity contribution in [1.82, 2.24) is 0 Å². The van der Waals surface area contributed by atoms with Crippen LogP contribution in [0.5, 0.6) is 11.5 Å². The van der Waals surface area contributed by atoms with Crippen molar-refractivity contribution in [2.75, 3.05) is 13.2 Å². The van der Waals surface area contributed by atoms with Crippen molar-refractivity contribution in [2.24, 2.45) is 0 Å². The standard InChI is InChI=1S/C20H21ClO5/c1-2-10-25-17-13-16(23)18-15(19(17)21)12-14(22)9-7-5-3-4-6-8-11-26-20(18)24/h2,4,6-7,9,13,23H,1,3,5,8,10-12H2/b6-4+,9-7+. The number of ether oxygens (including phenoxy) is 2. The average Bonchev–Trinajstić information content (AvgIpc) is 2.61. The highest BCUT2D eigenvalue weighted by Gasteiger charge is 2.25. The second-order valence-electron chi connectivity index (χ2n) is 5.68. The lowest BCUT2D eigenvalue weighted by Crippen LogP contribution is -2.13. The number of fused-ring (bicyclic) bond motifs is 1. The van der Waals surface area contributed by atoms with Crippen LogP contribution in [0.2, 0.25) is 5.02 Å². The van der Waals surface area contributed by atoms with E-state index in [0.717, 1.165) is 12.8 Å². The van der Waals surface area contributed by atoms with E-state index in [4.69, 9.17) is 21.1 Å². The van der Waals surface area contributed by atoms with Crippen LogP contribution in [-0.2, 0) is 16.0 Å². The summed E-state index contributed by atoms with van der Waals surface area (Å²) in [5, 5.41) is 10.4. The number of carbonyl (C=O) groups excluding carboxylic acids is 2. The quantitative estimate of drug-likeness (QED) is 0.633. The van der Waals surface area contributed by atoms with Crippen molar-refractivity contribution in [2.45, 2.75) is 25.7 Å². The molecule has 0 aliphatic carbocycles. The Morgan fingerprint density at radius 2 is 1.96 bits per heavy atom. The zero-order valence-corrected chi connectivity index (χ0v) is 15.1. The molecule has 26 heavy (non-hydrogen) atoms. The summed E-state index contributed by atoms with van der Waals surface area (Å²) in [5.74, 6) is -1.12. The van der Waals surface area contributed by atoms with Crippen molar-refractivity contribution < 1.29 is 24.2 Å². The van der Waals surface area contributed by atoms with Gasteiger partial charge in [0, 0.05) is 18.1 Å². The Balaban J connectivity index is 2.47. The van der Waals surface area contributed by atoms with Gasteiger partial charge in [0.05, 0.1) is 11.6 Å². The lowest BCUT2D eigenvalue weighted by molar-refractivity contribution is -0.114. The van der Waals surface area contributed by atoms with Gasteiger partial charge >= 0.3 is 5.97 Å². The molecule has 0 fully saturated rings. The van der Waals surface area contributed by atoms with Gasteiger partial charge in [0.2, 0.25) is 0 Å². The highest BCUT2D eigenvalue weighted by atomic mass is 35.5. The third-order valence-corrected chi connectivity index (χ3v) is 4.12. The summed E-state index contributed by atoms with van der Waals surface area (Å²) in [6.07, 6.45) is 10.6. The van der Waals surface area contributed by atoms with Gasteiger partial charge in [0.1, 0.15) is 23.7 Å². The molecule has 1 aromatic carbocycles. The maximum Gasteiger partial charge on any atom is 0.342 e. The van der Waals surface area contributed by atoms with Gasteiger partial charge in [-0.2, -0.15) is 0 Å². The first-order chi connectivity index (χ1) is 12.5. The molecule has 0 saturated heterocycles. The Labute approximate surface area is 157 Å². The first-order valence-corrected chi connectivity index (χ1v) is 8.72. The molecule has 2 rings (SSSR count). The molecule has 0 spiro atoms. The molecular weight excluding hydrogens is 356 g/mol. The van der Waals surface area contributed by atoms with Crippen LogP contribution in [0.1, 0.15) is 35.2 Å². The first-order valence-electron chi connectivity index (χ1n) is 8.34. The van der Waals surface area contributed by atoms with E-state index in [1.54, 1.807) is 6.08 Å². The van der Waals surface area contributed by atoms with E-state index in [1.165, 1.54) is 18.2 Å². The van der Waals surface area contributed by atoms with Gasteiger partial charge in [0.25, 0.3) is 0 Å². The van der Waals surface area contributed by atoms with E-state index in [0.29, 0.717) is 6.42 Å².